The smallest absolute Gasteiger partial charge is 0.308 e. The maximum Gasteiger partial charge on any atom is 0.308 e. The van der Waals surface area contributed by atoms with Gasteiger partial charge in [-0.1, -0.05) is 17.4 Å². The Kier molecular flexibility index (Phi) is 6.18. The van der Waals surface area contributed by atoms with Crippen molar-refractivity contribution in [1.29, 1.82) is 0 Å². The van der Waals surface area contributed by atoms with E-state index in [1.165, 1.54) is 22.8 Å². The summed E-state index contributed by atoms with van der Waals surface area (Å²) in [5.74, 6) is 1.58. The van der Waals surface area contributed by atoms with Gasteiger partial charge in [0, 0.05) is 12.5 Å². The number of esters is 1. The van der Waals surface area contributed by atoms with Gasteiger partial charge in [-0.3, -0.25) is 9.59 Å². The maximum absolute atomic E-state index is 12.9. The zero-order valence-electron chi connectivity index (χ0n) is 17.8. The molecule has 0 aliphatic carbocycles. The molecule has 8 nitrogen and oxygen atoms in total. The lowest BCUT2D eigenvalue weighted by Crippen LogP contribution is -2.23. The number of aromatic nitrogens is 3. The fourth-order valence-corrected chi connectivity index (χ4v) is 4.00. The molecule has 0 saturated carbocycles. The molecule has 0 atom stereocenters. The first-order valence-electron chi connectivity index (χ1n) is 10.1. The van der Waals surface area contributed by atoms with Gasteiger partial charge in [0.1, 0.15) is 5.75 Å². The lowest BCUT2D eigenvalue weighted by atomic mass is 10.2. The summed E-state index contributed by atoms with van der Waals surface area (Å²) >= 11 is 1.25. The van der Waals surface area contributed by atoms with E-state index < -0.39 is 5.97 Å². The fourth-order valence-electron chi connectivity index (χ4n) is 3.10. The van der Waals surface area contributed by atoms with Crippen LogP contribution in [0.2, 0.25) is 0 Å². The highest BCUT2D eigenvalue weighted by molar-refractivity contribution is 7.15. The number of carbonyl (C=O) groups excluding carboxylic acids is 1. The second-order valence-electron chi connectivity index (χ2n) is 6.74. The van der Waals surface area contributed by atoms with E-state index in [0.29, 0.717) is 40.0 Å². The largest absolute Gasteiger partial charge is 0.494 e. The lowest BCUT2D eigenvalue weighted by molar-refractivity contribution is -0.132. The summed E-state index contributed by atoms with van der Waals surface area (Å²) in [6.45, 7) is 6.10. The van der Waals surface area contributed by atoms with Crippen LogP contribution in [0.15, 0.2) is 47.3 Å². The van der Waals surface area contributed by atoms with Crippen molar-refractivity contribution in [3.05, 3.63) is 62.9 Å². The molecule has 0 unspecified atom stereocenters. The molecule has 2 heterocycles. The topological polar surface area (TPSA) is 92.0 Å². The Morgan fingerprint density at radius 1 is 1.06 bits per heavy atom. The van der Waals surface area contributed by atoms with Gasteiger partial charge in [0.2, 0.25) is 4.96 Å². The first kappa shape index (κ1) is 21.5. The second-order valence-corrected chi connectivity index (χ2v) is 7.74. The number of nitrogens with zero attached hydrogens (tertiary/aromatic N) is 3. The van der Waals surface area contributed by atoms with Crippen LogP contribution in [-0.2, 0) is 4.79 Å². The van der Waals surface area contributed by atoms with Crippen molar-refractivity contribution < 1.29 is 19.0 Å². The van der Waals surface area contributed by atoms with Gasteiger partial charge in [-0.05, 0) is 61.9 Å². The first-order valence-corrected chi connectivity index (χ1v) is 10.9. The predicted molar refractivity (Wildman–Crippen MR) is 121 cm³/mol. The highest BCUT2D eigenvalue weighted by Gasteiger charge is 2.13. The molecular formula is C23H21N3O5S. The molecule has 0 N–H and O–H groups in total. The number of rotatable bonds is 7. The van der Waals surface area contributed by atoms with Gasteiger partial charge in [0.15, 0.2) is 17.3 Å². The number of hydrogen-bond donors (Lipinski definition) is 0. The summed E-state index contributed by atoms with van der Waals surface area (Å²) in [6.07, 6.45) is 1.74. The average molecular weight is 452 g/mol. The van der Waals surface area contributed by atoms with Crippen molar-refractivity contribution >= 4 is 28.3 Å². The molecule has 0 amide bonds. The Hall–Kier alpha value is -3.72. The third kappa shape index (κ3) is 4.47. The minimum Gasteiger partial charge on any atom is -0.494 e. The van der Waals surface area contributed by atoms with E-state index >= 15 is 0 Å². The molecule has 4 aromatic rings. The number of benzene rings is 2. The van der Waals surface area contributed by atoms with Crippen LogP contribution in [0.25, 0.3) is 22.4 Å². The minimum atomic E-state index is -0.432. The average Bonchev–Trinajstić information content (AvgIpc) is 3.30. The molecular weight excluding hydrogens is 430 g/mol. The molecule has 164 valence electrons. The molecule has 0 radical (unpaired) electrons. The predicted octanol–water partition coefficient (Wildman–Crippen LogP) is 3.09. The van der Waals surface area contributed by atoms with Crippen LogP contribution in [0.1, 0.15) is 26.3 Å². The Balaban J connectivity index is 1.67. The molecule has 0 fully saturated rings. The molecule has 2 aromatic heterocycles. The van der Waals surface area contributed by atoms with Crippen molar-refractivity contribution in [3.63, 3.8) is 0 Å². The van der Waals surface area contributed by atoms with Gasteiger partial charge < -0.3 is 14.2 Å². The quantitative estimate of drug-likeness (QED) is 0.315. The third-order valence-electron chi connectivity index (χ3n) is 4.42. The Bertz CT molecular complexity index is 1380. The van der Waals surface area contributed by atoms with E-state index in [0.717, 1.165) is 16.9 Å². The molecule has 0 bridgehead atoms. The van der Waals surface area contributed by atoms with Gasteiger partial charge in [-0.15, -0.1) is 5.10 Å². The molecule has 0 aliphatic heterocycles. The molecule has 4 rings (SSSR count). The van der Waals surface area contributed by atoms with Gasteiger partial charge >= 0.3 is 5.97 Å². The Morgan fingerprint density at radius 3 is 2.47 bits per heavy atom. The van der Waals surface area contributed by atoms with Crippen molar-refractivity contribution in [2.75, 3.05) is 13.2 Å². The van der Waals surface area contributed by atoms with E-state index in [2.05, 4.69) is 10.1 Å². The van der Waals surface area contributed by atoms with E-state index in [-0.39, 0.29) is 5.56 Å². The normalized spacial score (nSPS) is 11.7. The van der Waals surface area contributed by atoms with Crippen LogP contribution >= 0.6 is 11.3 Å². The third-order valence-corrected chi connectivity index (χ3v) is 5.38. The van der Waals surface area contributed by atoms with E-state index in [4.69, 9.17) is 14.2 Å². The van der Waals surface area contributed by atoms with Gasteiger partial charge in [-0.25, -0.2) is 0 Å². The molecule has 0 spiro atoms. The number of fused-ring (bicyclic) bond motifs is 1. The van der Waals surface area contributed by atoms with Crippen LogP contribution in [0.4, 0.5) is 0 Å². The van der Waals surface area contributed by atoms with Crippen LogP contribution in [0.3, 0.4) is 0 Å². The molecule has 0 aliphatic rings. The van der Waals surface area contributed by atoms with E-state index in [1.807, 2.05) is 38.1 Å². The molecule has 32 heavy (non-hydrogen) atoms. The fraction of sp³-hybridized carbons (Fsp3) is 0.217. The monoisotopic (exact) mass is 451 g/mol. The number of ether oxygens (including phenoxy) is 3. The highest BCUT2D eigenvalue weighted by Crippen LogP contribution is 2.29. The number of hydrogen-bond acceptors (Lipinski definition) is 8. The maximum atomic E-state index is 12.9. The SMILES string of the molecule is CCOc1ccc(-c2nc3s/c(=C/c4ccc(OC(C)=O)c(OCC)c4)c(=O)n3n2)cc1. The summed E-state index contributed by atoms with van der Waals surface area (Å²) in [5.41, 5.74) is 1.28. The second kappa shape index (κ2) is 9.19. The minimum absolute atomic E-state index is 0.253. The zero-order chi connectivity index (χ0) is 22.7. The van der Waals surface area contributed by atoms with Crippen molar-refractivity contribution in [2.24, 2.45) is 0 Å². The van der Waals surface area contributed by atoms with Gasteiger partial charge in [0.05, 0.1) is 17.7 Å². The van der Waals surface area contributed by atoms with Crippen LogP contribution in [0, 0.1) is 0 Å². The lowest BCUT2D eigenvalue weighted by Gasteiger charge is -2.10. The molecule has 2 aromatic carbocycles. The molecule has 9 heteroatoms. The van der Waals surface area contributed by atoms with Crippen LogP contribution < -0.4 is 24.3 Å². The van der Waals surface area contributed by atoms with Gasteiger partial charge in [-0.2, -0.15) is 9.50 Å². The molecule has 0 saturated heterocycles. The summed E-state index contributed by atoms with van der Waals surface area (Å²) in [4.78, 5) is 29.2. The standard InChI is InChI=1S/C23H21N3O5S/c1-4-29-17-9-7-16(8-10-17)21-24-23-26(25-21)22(28)20(32-23)13-15-6-11-18(31-14(3)27)19(12-15)30-5-2/h6-13H,4-5H2,1-3H3/b20-13+. The Morgan fingerprint density at radius 2 is 1.81 bits per heavy atom. The Labute approximate surface area is 187 Å². The summed E-state index contributed by atoms with van der Waals surface area (Å²) in [6, 6.07) is 12.5. The zero-order valence-corrected chi connectivity index (χ0v) is 18.6. The summed E-state index contributed by atoms with van der Waals surface area (Å²) in [7, 11) is 0. The summed E-state index contributed by atoms with van der Waals surface area (Å²) in [5, 5.41) is 4.37. The van der Waals surface area contributed by atoms with E-state index in [9.17, 15) is 9.59 Å². The number of carbonyl (C=O) groups is 1. The van der Waals surface area contributed by atoms with Crippen molar-refractivity contribution in [2.45, 2.75) is 20.8 Å². The van der Waals surface area contributed by atoms with Crippen LogP contribution in [-0.4, -0.2) is 33.8 Å². The van der Waals surface area contributed by atoms with Crippen molar-refractivity contribution in [1.82, 2.24) is 14.6 Å². The highest BCUT2D eigenvalue weighted by atomic mass is 32.1. The van der Waals surface area contributed by atoms with E-state index in [1.54, 1.807) is 24.3 Å². The van der Waals surface area contributed by atoms with Crippen molar-refractivity contribution in [3.8, 4) is 28.6 Å². The van der Waals surface area contributed by atoms with Crippen LogP contribution in [0.5, 0.6) is 17.2 Å². The van der Waals surface area contributed by atoms with Gasteiger partial charge in [0.25, 0.3) is 5.56 Å². The summed E-state index contributed by atoms with van der Waals surface area (Å²) < 4.78 is 18.0. The first-order chi connectivity index (χ1) is 15.5. The number of thiazole rings is 1.